The number of methoxy groups -OCH3 is 1. The topological polar surface area (TPSA) is 21.3 Å². The average molecular weight is 289 g/mol. The summed E-state index contributed by atoms with van der Waals surface area (Å²) in [5, 5.41) is 5.80. The van der Waals surface area contributed by atoms with E-state index in [1.54, 1.807) is 7.11 Å². The Hall–Kier alpha value is -1.32. The molecule has 1 unspecified atom stereocenters. The van der Waals surface area contributed by atoms with Crippen molar-refractivity contribution in [3.05, 3.63) is 52.2 Å². The molecule has 20 heavy (non-hydrogen) atoms. The van der Waals surface area contributed by atoms with Crippen LogP contribution in [0.15, 0.2) is 41.8 Å². The summed E-state index contributed by atoms with van der Waals surface area (Å²) in [6, 6.07) is 13.6. The summed E-state index contributed by atoms with van der Waals surface area (Å²) in [5.41, 5.74) is 1.36. The molecular formula is C17H23NOS. The van der Waals surface area contributed by atoms with Gasteiger partial charge in [0.15, 0.2) is 0 Å². The first kappa shape index (κ1) is 15.1. The molecule has 0 aliphatic heterocycles. The summed E-state index contributed by atoms with van der Waals surface area (Å²) >= 11 is 1.82. The maximum Gasteiger partial charge on any atom is 0.118 e. The number of ether oxygens (including phenoxy) is 1. The summed E-state index contributed by atoms with van der Waals surface area (Å²) in [7, 11) is 1.70. The predicted molar refractivity (Wildman–Crippen MR) is 86.6 cm³/mol. The molecule has 0 saturated carbocycles. The second-order valence-corrected chi connectivity index (χ2v) is 6.17. The second kappa shape index (κ2) is 7.46. The Morgan fingerprint density at radius 1 is 1.15 bits per heavy atom. The van der Waals surface area contributed by atoms with Crippen LogP contribution in [0, 0.1) is 0 Å². The number of benzene rings is 1. The lowest BCUT2D eigenvalue weighted by Gasteiger charge is -2.19. The van der Waals surface area contributed by atoms with E-state index in [0.717, 1.165) is 18.6 Å². The molecule has 0 fully saturated rings. The van der Waals surface area contributed by atoms with Crippen LogP contribution >= 0.6 is 11.3 Å². The number of nitrogens with one attached hydrogen (secondary N) is 1. The van der Waals surface area contributed by atoms with Crippen LogP contribution in [0.2, 0.25) is 0 Å². The molecule has 3 heteroatoms. The quantitative estimate of drug-likeness (QED) is 0.814. The van der Waals surface area contributed by atoms with Gasteiger partial charge in [-0.1, -0.05) is 18.2 Å². The molecule has 0 saturated heterocycles. The van der Waals surface area contributed by atoms with Crippen LogP contribution in [-0.4, -0.2) is 13.2 Å². The molecule has 0 spiro atoms. The van der Waals surface area contributed by atoms with Crippen molar-refractivity contribution in [1.82, 2.24) is 5.32 Å². The van der Waals surface area contributed by atoms with Gasteiger partial charge in [0.25, 0.3) is 0 Å². The third-order valence-corrected chi connectivity index (χ3v) is 4.58. The minimum Gasteiger partial charge on any atom is -0.497 e. The molecule has 1 aromatic carbocycles. The largest absolute Gasteiger partial charge is 0.497 e. The third-order valence-electron chi connectivity index (χ3n) is 3.53. The van der Waals surface area contributed by atoms with Gasteiger partial charge in [-0.25, -0.2) is 0 Å². The Balaban J connectivity index is 1.78. The lowest BCUT2D eigenvalue weighted by Crippen LogP contribution is -2.28. The molecule has 108 valence electrons. The van der Waals surface area contributed by atoms with Gasteiger partial charge >= 0.3 is 0 Å². The summed E-state index contributed by atoms with van der Waals surface area (Å²) in [4.78, 5) is 1.40. The van der Waals surface area contributed by atoms with Crippen molar-refractivity contribution in [1.29, 1.82) is 0 Å². The molecule has 2 nitrogen and oxygen atoms in total. The first-order valence-electron chi connectivity index (χ1n) is 7.11. The molecule has 1 heterocycles. The Bertz CT molecular complexity index is 492. The van der Waals surface area contributed by atoms with Gasteiger partial charge in [0.05, 0.1) is 7.11 Å². The highest BCUT2D eigenvalue weighted by Crippen LogP contribution is 2.19. The molecule has 0 radical (unpaired) electrons. The van der Waals surface area contributed by atoms with Crippen LogP contribution in [0.5, 0.6) is 5.75 Å². The summed E-state index contributed by atoms with van der Waals surface area (Å²) < 4.78 is 5.18. The number of hydrogen-bond donors (Lipinski definition) is 1. The SMILES string of the molecule is COc1ccc(CCC(C)N[C@@H](C)c2cccs2)cc1. The first-order chi connectivity index (χ1) is 9.69. The third kappa shape index (κ3) is 4.36. The fourth-order valence-electron chi connectivity index (χ4n) is 2.31. The van der Waals surface area contributed by atoms with Gasteiger partial charge in [0.1, 0.15) is 5.75 Å². The maximum atomic E-state index is 5.18. The molecule has 0 amide bonds. The van der Waals surface area contributed by atoms with Crippen molar-refractivity contribution in [2.45, 2.75) is 38.8 Å². The highest BCUT2D eigenvalue weighted by molar-refractivity contribution is 7.10. The average Bonchev–Trinajstić information content (AvgIpc) is 3.00. The fourth-order valence-corrected chi connectivity index (χ4v) is 3.05. The monoisotopic (exact) mass is 289 g/mol. The van der Waals surface area contributed by atoms with Crippen molar-refractivity contribution in [2.24, 2.45) is 0 Å². The van der Waals surface area contributed by atoms with E-state index in [1.165, 1.54) is 10.4 Å². The Morgan fingerprint density at radius 3 is 2.50 bits per heavy atom. The minimum atomic E-state index is 0.431. The Morgan fingerprint density at radius 2 is 1.90 bits per heavy atom. The van der Waals surface area contributed by atoms with Gasteiger partial charge in [-0.2, -0.15) is 0 Å². The molecule has 0 bridgehead atoms. The smallest absolute Gasteiger partial charge is 0.118 e. The second-order valence-electron chi connectivity index (χ2n) is 5.19. The van der Waals surface area contributed by atoms with Crippen LogP contribution in [0.3, 0.4) is 0 Å². The molecule has 0 aliphatic rings. The number of hydrogen-bond acceptors (Lipinski definition) is 3. The van der Waals surface area contributed by atoms with Gasteiger partial charge in [-0.3, -0.25) is 0 Å². The van der Waals surface area contributed by atoms with Crippen molar-refractivity contribution < 1.29 is 4.74 Å². The minimum absolute atomic E-state index is 0.431. The van der Waals surface area contributed by atoms with Gasteiger partial charge in [-0.15, -0.1) is 11.3 Å². The van der Waals surface area contributed by atoms with E-state index in [-0.39, 0.29) is 0 Å². The summed E-state index contributed by atoms with van der Waals surface area (Å²) in [6.45, 7) is 4.49. The van der Waals surface area contributed by atoms with Crippen molar-refractivity contribution in [3.8, 4) is 5.75 Å². The number of aryl methyl sites for hydroxylation is 1. The van der Waals surface area contributed by atoms with Crippen LogP contribution < -0.4 is 10.1 Å². The number of rotatable bonds is 7. The van der Waals surface area contributed by atoms with Gasteiger partial charge in [0.2, 0.25) is 0 Å². The Kier molecular flexibility index (Phi) is 5.62. The standard InChI is InChI=1S/C17H23NOS/c1-13(18-14(2)17-5-4-12-20-17)6-7-15-8-10-16(19-3)11-9-15/h4-5,8-14,18H,6-7H2,1-3H3/t13?,14-/m0/s1. The predicted octanol–water partition coefficient (Wildman–Crippen LogP) is 4.43. The molecular weight excluding hydrogens is 266 g/mol. The highest BCUT2D eigenvalue weighted by atomic mass is 32.1. The van der Waals surface area contributed by atoms with Crippen LogP contribution in [0.1, 0.15) is 36.8 Å². The maximum absolute atomic E-state index is 5.18. The lowest BCUT2D eigenvalue weighted by atomic mass is 10.1. The molecule has 2 aromatic rings. The van der Waals surface area contributed by atoms with Gasteiger partial charge < -0.3 is 10.1 Å². The van der Waals surface area contributed by atoms with Gasteiger partial charge in [0, 0.05) is 17.0 Å². The van der Waals surface area contributed by atoms with Crippen LogP contribution in [-0.2, 0) is 6.42 Å². The fraction of sp³-hybridized carbons (Fsp3) is 0.412. The molecule has 0 aliphatic carbocycles. The normalized spacial score (nSPS) is 13.9. The van der Waals surface area contributed by atoms with E-state index >= 15 is 0 Å². The lowest BCUT2D eigenvalue weighted by molar-refractivity contribution is 0.414. The van der Waals surface area contributed by atoms with Crippen molar-refractivity contribution in [3.63, 3.8) is 0 Å². The van der Waals surface area contributed by atoms with E-state index < -0.39 is 0 Å². The molecule has 2 atom stereocenters. The molecule has 1 N–H and O–H groups in total. The van der Waals surface area contributed by atoms with Crippen LogP contribution in [0.25, 0.3) is 0 Å². The van der Waals surface area contributed by atoms with Crippen LogP contribution in [0.4, 0.5) is 0 Å². The molecule has 2 rings (SSSR count). The van der Waals surface area contributed by atoms with Crippen molar-refractivity contribution >= 4 is 11.3 Å². The van der Waals surface area contributed by atoms with Crippen molar-refractivity contribution in [2.75, 3.05) is 7.11 Å². The number of thiophene rings is 1. The molecule has 1 aromatic heterocycles. The van der Waals surface area contributed by atoms with Gasteiger partial charge in [-0.05, 0) is 55.8 Å². The zero-order chi connectivity index (χ0) is 14.4. The van der Waals surface area contributed by atoms with E-state index in [9.17, 15) is 0 Å². The first-order valence-corrected chi connectivity index (χ1v) is 7.99. The zero-order valence-electron chi connectivity index (χ0n) is 12.4. The summed E-state index contributed by atoms with van der Waals surface area (Å²) in [6.07, 6.45) is 2.23. The summed E-state index contributed by atoms with van der Waals surface area (Å²) in [5.74, 6) is 0.922. The zero-order valence-corrected chi connectivity index (χ0v) is 13.2. The highest BCUT2D eigenvalue weighted by Gasteiger charge is 2.10. The van der Waals surface area contributed by atoms with E-state index in [0.29, 0.717) is 12.1 Å². The van der Waals surface area contributed by atoms with E-state index in [4.69, 9.17) is 4.74 Å². The van der Waals surface area contributed by atoms with E-state index in [1.807, 2.05) is 23.5 Å². The Labute approximate surface area is 125 Å². The van der Waals surface area contributed by atoms with E-state index in [2.05, 4.69) is 48.8 Å².